The van der Waals surface area contributed by atoms with Crippen molar-refractivity contribution in [2.75, 3.05) is 5.32 Å². The minimum absolute atomic E-state index is 0.00421. The van der Waals surface area contributed by atoms with E-state index in [4.69, 9.17) is 0 Å². The van der Waals surface area contributed by atoms with Crippen molar-refractivity contribution in [3.05, 3.63) is 27.7 Å². The number of carbonyl (C=O) groups is 1. The molecule has 0 aliphatic rings. The van der Waals surface area contributed by atoms with Gasteiger partial charge < -0.3 is 5.32 Å². The molecule has 0 unspecified atom stereocenters. The number of nitrogens with one attached hydrogen (secondary N) is 1. The monoisotopic (exact) mass is 409 g/mol. The fraction of sp³-hybridized carbons (Fsp3) is 0.462. The van der Waals surface area contributed by atoms with Crippen LogP contribution in [0.15, 0.2) is 16.6 Å². The first kappa shape index (κ1) is 19.7. The van der Waals surface area contributed by atoms with Crippen molar-refractivity contribution in [2.24, 2.45) is 0 Å². The fourth-order valence-corrected chi connectivity index (χ4v) is 2.55. The predicted molar refractivity (Wildman–Crippen MR) is 72.7 cm³/mol. The Morgan fingerprint density at radius 3 is 1.91 bits per heavy atom. The fourth-order valence-electron chi connectivity index (χ4n) is 1.95. The van der Waals surface area contributed by atoms with E-state index in [1.54, 1.807) is 0 Å². The van der Waals surface area contributed by atoms with Crippen molar-refractivity contribution in [1.29, 1.82) is 0 Å². The van der Waals surface area contributed by atoms with Crippen LogP contribution < -0.4 is 5.32 Å². The molecule has 0 aliphatic heterocycles. The summed E-state index contributed by atoms with van der Waals surface area (Å²) in [6.07, 6.45) is -12.4. The molecule has 0 spiro atoms. The largest absolute Gasteiger partial charge is 0.435 e. The van der Waals surface area contributed by atoms with Gasteiger partial charge in [-0.3, -0.25) is 4.79 Å². The average Bonchev–Trinajstić information content (AvgIpc) is 2.36. The maximum Gasteiger partial charge on any atom is 0.435 e. The Hall–Kier alpha value is -1.32. The molecule has 1 aromatic rings. The van der Waals surface area contributed by atoms with E-state index in [2.05, 4.69) is 21.2 Å². The number of aryl methyl sites for hydroxylation is 1. The van der Waals surface area contributed by atoms with Gasteiger partial charge in [0.05, 0.1) is 5.69 Å². The quantitative estimate of drug-likeness (QED) is 0.677. The van der Waals surface area contributed by atoms with Gasteiger partial charge >= 0.3 is 18.0 Å². The van der Waals surface area contributed by atoms with Crippen molar-refractivity contribution < 1.29 is 35.5 Å². The number of hydrogen-bond donors (Lipinski definition) is 1. The minimum atomic E-state index is -6.19. The highest BCUT2D eigenvalue weighted by atomic mass is 79.9. The Balaban J connectivity index is 3.65. The maximum absolute atomic E-state index is 14.1. The second kappa shape index (κ2) is 6.29. The van der Waals surface area contributed by atoms with E-state index in [9.17, 15) is 35.5 Å². The number of amides is 1. The Kier molecular flexibility index (Phi) is 5.40. The molecule has 1 rings (SSSR count). The summed E-state index contributed by atoms with van der Waals surface area (Å²) in [7, 11) is 0. The first-order valence-electron chi connectivity index (χ1n) is 6.18. The van der Waals surface area contributed by atoms with Crippen LogP contribution in [0.25, 0.3) is 0 Å². The van der Waals surface area contributed by atoms with Crippen LogP contribution in [0.2, 0.25) is 0 Å². The molecule has 2 nitrogen and oxygen atoms in total. The molecule has 0 heterocycles. The third-order valence-electron chi connectivity index (χ3n) is 3.03. The Morgan fingerprint density at radius 2 is 1.57 bits per heavy atom. The summed E-state index contributed by atoms with van der Waals surface area (Å²) in [4.78, 5) is 11.1. The molecule has 0 saturated carbocycles. The van der Waals surface area contributed by atoms with Gasteiger partial charge in [-0.25, -0.2) is 4.39 Å². The molecule has 1 amide bonds. The molecule has 1 N–H and O–H groups in total. The molecule has 0 aromatic heterocycles. The molecule has 0 aliphatic carbocycles. The van der Waals surface area contributed by atoms with E-state index in [0.717, 1.165) is 6.92 Å². The van der Waals surface area contributed by atoms with Gasteiger partial charge in [0.15, 0.2) is 0 Å². The number of anilines is 1. The molecule has 0 fully saturated rings. The van der Waals surface area contributed by atoms with E-state index in [1.165, 1.54) is 6.92 Å². The van der Waals surface area contributed by atoms with Crippen LogP contribution in [0.5, 0.6) is 0 Å². The Labute approximate surface area is 135 Å². The van der Waals surface area contributed by atoms with Gasteiger partial charge in [0.25, 0.3) is 0 Å². The summed E-state index contributed by atoms with van der Waals surface area (Å²) in [6.45, 7) is 2.56. The molecule has 0 radical (unpaired) electrons. The Morgan fingerprint density at radius 1 is 1.09 bits per heavy atom. The third kappa shape index (κ3) is 3.61. The third-order valence-corrected chi connectivity index (χ3v) is 3.66. The highest BCUT2D eigenvalue weighted by Crippen LogP contribution is 2.54. The van der Waals surface area contributed by atoms with Crippen LogP contribution in [0, 0.1) is 0 Å². The molecular weight excluding hydrogens is 399 g/mol. The lowest BCUT2D eigenvalue weighted by molar-refractivity contribution is -0.348. The summed E-state index contributed by atoms with van der Waals surface area (Å²) < 4.78 is 90.5. The molecule has 0 saturated heterocycles. The van der Waals surface area contributed by atoms with Crippen molar-refractivity contribution in [3.63, 3.8) is 0 Å². The molecular formula is C13H11BrF7NO. The zero-order valence-electron chi connectivity index (χ0n) is 11.8. The number of halogens is 8. The van der Waals surface area contributed by atoms with Crippen LogP contribution in [0.3, 0.4) is 0 Å². The second-order valence-electron chi connectivity index (χ2n) is 4.68. The smallest absolute Gasteiger partial charge is 0.325 e. The zero-order chi connectivity index (χ0) is 18.2. The SMILES string of the molecule is CCc1cc(C(F)(C(F)(F)F)C(F)(F)F)cc(Br)c1NC(C)=O. The van der Waals surface area contributed by atoms with Crippen molar-refractivity contribution in [3.8, 4) is 0 Å². The van der Waals surface area contributed by atoms with Crippen LogP contribution in [-0.4, -0.2) is 18.3 Å². The van der Waals surface area contributed by atoms with E-state index in [-0.39, 0.29) is 22.1 Å². The van der Waals surface area contributed by atoms with E-state index < -0.39 is 29.5 Å². The van der Waals surface area contributed by atoms with Crippen LogP contribution in [0.1, 0.15) is 25.0 Å². The number of alkyl halides is 7. The molecule has 0 atom stereocenters. The molecule has 1 aromatic carbocycles. The topological polar surface area (TPSA) is 29.1 Å². The first-order valence-corrected chi connectivity index (χ1v) is 6.97. The van der Waals surface area contributed by atoms with Gasteiger partial charge in [0, 0.05) is 17.0 Å². The van der Waals surface area contributed by atoms with Crippen LogP contribution in [0.4, 0.5) is 36.4 Å². The number of hydrogen-bond acceptors (Lipinski definition) is 1. The van der Waals surface area contributed by atoms with Gasteiger partial charge in [0.2, 0.25) is 5.91 Å². The van der Waals surface area contributed by atoms with Crippen molar-refractivity contribution in [2.45, 2.75) is 38.3 Å². The Bertz CT molecular complexity index is 596. The van der Waals surface area contributed by atoms with Gasteiger partial charge in [0.1, 0.15) is 0 Å². The van der Waals surface area contributed by atoms with Crippen molar-refractivity contribution in [1.82, 2.24) is 0 Å². The van der Waals surface area contributed by atoms with Crippen LogP contribution in [-0.2, 0) is 16.9 Å². The summed E-state index contributed by atoms with van der Waals surface area (Å²) in [6, 6.07) is 0.822. The van der Waals surface area contributed by atoms with Gasteiger partial charge in [-0.1, -0.05) is 6.92 Å². The highest BCUT2D eigenvalue weighted by molar-refractivity contribution is 9.10. The van der Waals surface area contributed by atoms with Crippen LogP contribution >= 0.6 is 15.9 Å². The normalized spacial score (nSPS) is 13.1. The number of rotatable bonds is 3. The lowest BCUT2D eigenvalue weighted by atomic mass is 9.91. The summed E-state index contributed by atoms with van der Waals surface area (Å²) in [5.41, 5.74) is -7.19. The van der Waals surface area contributed by atoms with Gasteiger partial charge in [-0.15, -0.1) is 0 Å². The standard InChI is InChI=1S/C13H11BrF7NO/c1-3-7-4-8(5-9(14)10(7)22-6(2)23)11(15,12(16,17)18)13(19,20)21/h4-5H,3H2,1-2H3,(H,22,23). The molecule has 23 heavy (non-hydrogen) atoms. The highest BCUT2D eigenvalue weighted by Gasteiger charge is 2.73. The average molecular weight is 410 g/mol. The van der Waals surface area contributed by atoms with Gasteiger partial charge in [-0.05, 0) is 40.0 Å². The second-order valence-corrected chi connectivity index (χ2v) is 5.54. The zero-order valence-corrected chi connectivity index (χ0v) is 13.4. The lowest BCUT2D eigenvalue weighted by Crippen LogP contribution is -2.50. The first-order chi connectivity index (χ1) is 10.3. The summed E-state index contributed by atoms with van der Waals surface area (Å²) >= 11 is 2.78. The minimum Gasteiger partial charge on any atom is -0.325 e. The van der Waals surface area contributed by atoms with Gasteiger partial charge in [-0.2, -0.15) is 26.3 Å². The number of carbonyl (C=O) groups excluding carboxylic acids is 1. The lowest BCUT2D eigenvalue weighted by Gasteiger charge is -2.31. The van der Waals surface area contributed by atoms with E-state index >= 15 is 0 Å². The molecule has 0 bridgehead atoms. The summed E-state index contributed by atoms with van der Waals surface area (Å²) in [5, 5.41) is 2.28. The molecule has 10 heteroatoms. The van der Waals surface area contributed by atoms with Crippen molar-refractivity contribution >= 4 is 27.5 Å². The van der Waals surface area contributed by atoms with E-state index in [1.807, 2.05) is 0 Å². The van der Waals surface area contributed by atoms with E-state index in [0.29, 0.717) is 12.1 Å². The number of benzene rings is 1. The predicted octanol–water partition coefficient (Wildman–Crippen LogP) is 5.26. The summed E-state index contributed by atoms with van der Waals surface area (Å²) in [5.74, 6) is -0.577. The molecule has 130 valence electrons. The maximum atomic E-state index is 14.1.